The number of rotatable bonds is 6. The van der Waals surface area contributed by atoms with Crippen LogP contribution < -0.4 is 5.01 Å². The van der Waals surface area contributed by atoms with Gasteiger partial charge in [-0.3, -0.25) is 5.01 Å². The van der Waals surface area contributed by atoms with E-state index >= 15 is 0 Å². The van der Waals surface area contributed by atoms with Crippen LogP contribution in [0.15, 0.2) is 41.8 Å². The third-order valence-electron chi connectivity index (χ3n) is 3.85. The van der Waals surface area contributed by atoms with Gasteiger partial charge in [-0.05, 0) is 30.5 Å². The third-order valence-corrected chi connectivity index (χ3v) is 3.85. The maximum absolute atomic E-state index is 4.71. The van der Waals surface area contributed by atoms with Crippen LogP contribution in [0.2, 0.25) is 0 Å². The molecule has 0 unspecified atom stereocenters. The van der Waals surface area contributed by atoms with E-state index in [1.807, 2.05) is 6.20 Å². The van der Waals surface area contributed by atoms with E-state index in [0.717, 1.165) is 25.2 Å². The van der Waals surface area contributed by atoms with Crippen molar-refractivity contribution in [3.05, 3.63) is 48.0 Å². The van der Waals surface area contributed by atoms with Gasteiger partial charge >= 0.3 is 0 Å². The monoisotopic (exact) mass is 282 g/mol. The average Bonchev–Trinajstić information content (AvgIpc) is 3.18. The smallest absolute Gasteiger partial charge is 0.111 e. The summed E-state index contributed by atoms with van der Waals surface area (Å²) in [5, 5.41) is 6.81. The summed E-state index contributed by atoms with van der Waals surface area (Å²) in [7, 11) is 0. The van der Waals surface area contributed by atoms with Crippen molar-refractivity contribution < 1.29 is 0 Å². The highest BCUT2D eigenvalue weighted by atomic mass is 15.5. The maximum atomic E-state index is 4.71. The van der Waals surface area contributed by atoms with Crippen LogP contribution in [0.3, 0.4) is 0 Å². The molecule has 0 radical (unpaired) electrons. The van der Waals surface area contributed by atoms with Gasteiger partial charge in [-0.15, -0.1) is 0 Å². The lowest BCUT2D eigenvalue weighted by Gasteiger charge is -2.13. The number of H-pyrrole nitrogens is 1. The van der Waals surface area contributed by atoms with Crippen LogP contribution in [-0.4, -0.2) is 22.2 Å². The molecule has 1 aromatic carbocycles. The SMILES string of the molecule is CCCCc1ccc(N2CCC(Cc3ncc[nH]3)=N2)cc1. The molecule has 0 saturated carbocycles. The Morgan fingerprint density at radius 2 is 2.10 bits per heavy atom. The number of hydrazone groups is 1. The van der Waals surface area contributed by atoms with E-state index < -0.39 is 0 Å². The fourth-order valence-corrected chi connectivity index (χ4v) is 2.62. The fourth-order valence-electron chi connectivity index (χ4n) is 2.62. The molecule has 1 aliphatic rings. The molecule has 2 aromatic rings. The average molecular weight is 282 g/mol. The summed E-state index contributed by atoms with van der Waals surface area (Å²) in [6, 6.07) is 8.82. The highest BCUT2D eigenvalue weighted by molar-refractivity contribution is 5.89. The second kappa shape index (κ2) is 6.57. The molecule has 0 atom stereocenters. The van der Waals surface area contributed by atoms with E-state index in [1.54, 1.807) is 6.20 Å². The van der Waals surface area contributed by atoms with Gasteiger partial charge in [0.2, 0.25) is 0 Å². The lowest BCUT2D eigenvalue weighted by atomic mass is 10.1. The van der Waals surface area contributed by atoms with Gasteiger partial charge in [0.1, 0.15) is 5.82 Å². The third kappa shape index (κ3) is 3.51. The van der Waals surface area contributed by atoms with Gasteiger partial charge < -0.3 is 4.98 Å². The predicted molar refractivity (Wildman–Crippen MR) is 86.7 cm³/mol. The number of nitrogens with one attached hydrogen (secondary N) is 1. The van der Waals surface area contributed by atoms with Crippen LogP contribution in [0.1, 0.15) is 37.6 Å². The van der Waals surface area contributed by atoms with Crippen LogP contribution in [0.25, 0.3) is 0 Å². The zero-order valence-electron chi connectivity index (χ0n) is 12.5. The highest BCUT2D eigenvalue weighted by Gasteiger charge is 2.16. The molecule has 3 rings (SSSR count). The molecule has 1 aliphatic heterocycles. The van der Waals surface area contributed by atoms with Gasteiger partial charge in [-0.2, -0.15) is 5.10 Å². The Hall–Kier alpha value is -2.10. The molecule has 2 heterocycles. The number of nitrogens with zero attached hydrogens (tertiary/aromatic N) is 3. The number of imidazole rings is 1. The summed E-state index contributed by atoms with van der Waals surface area (Å²) in [6.07, 6.45) is 9.15. The molecule has 4 nitrogen and oxygen atoms in total. The molecule has 4 heteroatoms. The van der Waals surface area contributed by atoms with Crippen LogP contribution >= 0.6 is 0 Å². The van der Waals surface area contributed by atoms with Gasteiger partial charge in [0.25, 0.3) is 0 Å². The molecular formula is C17H22N4. The van der Waals surface area contributed by atoms with Crippen molar-refractivity contribution in [2.45, 2.75) is 39.0 Å². The number of anilines is 1. The highest BCUT2D eigenvalue weighted by Crippen LogP contribution is 2.21. The standard InChI is InChI=1S/C17H22N4/c1-2-3-4-14-5-7-16(8-6-14)21-12-9-15(20-21)13-17-18-10-11-19-17/h5-8,10-11H,2-4,9,12-13H2,1H3,(H,18,19). The molecule has 0 saturated heterocycles. The van der Waals surface area contributed by atoms with Crippen LogP contribution in [0, 0.1) is 0 Å². The molecule has 1 N–H and O–H groups in total. The first-order chi connectivity index (χ1) is 10.3. The zero-order chi connectivity index (χ0) is 14.5. The summed E-state index contributed by atoms with van der Waals surface area (Å²) in [5.74, 6) is 0.991. The van der Waals surface area contributed by atoms with Crippen LogP contribution in [0.4, 0.5) is 5.69 Å². The molecular weight excluding hydrogens is 260 g/mol. The Kier molecular flexibility index (Phi) is 4.34. The van der Waals surface area contributed by atoms with Crippen molar-refractivity contribution in [3.8, 4) is 0 Å². The molecule has 1 aromatic heterocycles. The summed E-state index contributed by atoms with van der Waals surface area (Å²) in [6.45, 7) is 3.19. The van der Waals surface area contributed by atoms with Crippen molar-refractivity contribution in [3.63, 3.8) is 0 Å². The summed E-state index contributed by atoms with van der Waals surface area (Å²) in [4.78, 5) is 7.40. The second-order valence-corrected chi connectivity index (χ2v) is 5.52. The molecule has 0 fully saturated rings. The number of aromatic amines is 1. The summed E-state index contributed by atoms with van der Waals surface area (Å²) < 4.78 is 0. The van der Waals surface area contributed by atoms with Gasteiger partial charge in [0.15, 0.2) is 0 Å². The number of aryl methyl sites for hydroxylation is 1. The van der Waals surface area contributed by atoms with Crippen molar-refractivity contribution in [2.24, 2.45) is 5.10 Å². The molecule has 0 amide bonds. The number of hydrogen-bond acceptors (Lipinski definition) is 3. The van der Waals surface area contributed by atoms with Crippen LogP contribution in [-0.2, 0) is 12.8 Å². The minimum absolute atomic E-state index is 0.818. The molecule has 0 aliphatic carbocycles. The Balaban J connectivity index is 1.63. The Labute approximate surface area is 125 Å². The molecule has 21 heavy (non-hydrogen) atoms. The van der Waals surface area contributed by atoms with Crippen molar-refractivity contribution >= 4 is 11.4 Å². The maximum Gasteiger partial charge on any atom is 0.111 e. The number of unbranched alkanes of at least 4 members (excludes halogenated alkanes) is 1. The van der Waals surface area contributed by atoms with Crippen molar-refractivity contribution in [2.75, 3.05) is 11.6 Å². The largest absolute Gasteiger partial charge is 0.348 e. The lowest BCUT2D eigenvalue weighted by Crippen LogP contribution is -2.11. The fraction of sp³-hybridized carbons (Fsp3) is 0.412. The Morgan fingerprint density at radius 3 is 2.81 bits per heavy atom. The van der Waals surface area contributed by atoms with Gasteiger partial charge in [-0.25, -0.2) is 4.98 Å². The van der Waals surface area contributed by atoms with E-state index in [9.17, 15) is 0 Å². The normalized spacial score (nSPS) is 14.5. The van der Waals surface area contributed by atoms with Gasteiger partial charge in [0, 0.05) is 37.5 Å². The number of benzene rings is 1. The quantitative estimate of drug-likeness (QED) is 0.880. The van der Waals surface area contributed by atoms with Crippen molar-refractivity contribution in [1.29, 1.82) is 0 Å². The first kappa shape index (κ1) is 13.9. The van der Waals surface area contributed by atoms with E-state index in [1.165, 1.54) is 36.2 Å². The number of aromatic nitrogens is 2. The zero-order valence-corrected chi connectivity index (χ0v) is 12.5. The molecule has 110 valence electrons. The van der Waals surface area contributed by atoms with Gasteiger partial charge in [0.05, 0.1) is 5.69 Å². The summed E-state index contributed by atoms with van der Waals surface area (Å²) >= 11 is 0. The summed E-state index contributed by atoms with van der Waals surface area (Å²) in [5.41, 5.74) is 3.80. The van der Waals surface area contributed by atoms with Gasteiger partial charge in [-0.1, -0.05) is 25.5 Å². The van der Waals surface area contributed by atoms with Crippen molar-refractivity contribution in [1.82, 2.24) is 9.97 Å². The Morgan fingerprint density at radius 1 is 1.24 bits per heavy atom. The Bertz CT molecular complexity index is 584. The van der Waals surface area contributed by atoms with E-state index in [2.05, 4.69) is 46.2 Å². The molecule has 0 spiro atoms. The first-order valence-corrected chi connectivity index (χ1v) is 7.76. The minimum Gasteiger partial charge on any atom is -0.348 e. The van der Waals surface area contributed by atoms with E-state index in [-0.39, 0.29) is 0 Å². The number of hydrogen-bond donors (Lipinski definition) is 1. The topological polar surface area (TPSA) is 44.3 Å². The van der Waals surface area contributed by atoms with E-state index in [4.69, 9.17) is 5.10 Å². The lowest BCUT2D eigenvalue weighted by molar-refractivity contribution is 0.794. The second-order valence-electron chi connectivity index (χ2n) is 5.52. The first-order valence-electron chi connectivity index (χ1n) is 7.76. The minimum atomic E-state index is 0.818. The predicted octanol–water partition coefficient (Wildman–Crippen LogP) is 3.56. The molecule has 0 bridgehead atoms. The van der Waals surface area contributed by atoms with Crippen LogP contribution in [0.5, 0.6) is 0 Å². The van der Waals surface area contributed by atoms with E-state index in [0.29, 0.717) is 0 Å².